The molecule has 0 unspecified atom stereocenters. The van der Waals surface area contributed by atoms with Crippen LogP contribution in [0.1, 0.15) is 15.9 Å². The first kappa shape index (κ1) is 17.6. The molecule has 1 N–H and O–H groups in total. The maximum atomic E-state index is 12.9. The first-order valence-electron chi connectivity index (χ1n) is 8.95. The molecule has 1 aliphatic heterocycles. The lowest BCUT2D eigenvalue weighted by molar-refractivity contribution is 0.0745. The van der Waals surface area contributed by atoms with Crippen molar-refractivity contribution in [1.82, 2.24) is 9.88 Å². The van der Waals surface area contributed by atoms with Gasteiger partial charge in [-0.3, -0.25) is 9.59 Å². The van der Waals surface area contributed by atoms with Crippen LogP contribution >= 0.6 is 11.6 Å². The fourth-order valence-corrected chi connectivity index (χ4v) is 3.72. The van der Waals surface area contributed by atoms with E-state index in [4.69, 9.17) is 11.6 Å². The van der Waals surface area contributed by atoms with Crippen molar-refractivity contribution in [3.05, 3.63) is 75.0 Å². The van der Waals surface area contributed by atoms with Gasteiger partial charge in [0.25, 0.3) is 11.5 Å². The Balaban J connectivity index is 1.53. The number of carbonyl (C=O) groups excluding carboxylic acids is 1. The highest BCUT2D eigenvalue weighted by Crippen LogP contribution is 2.25. The summed E-state index contributed by atoms with van der Waals surface area (Å²) in [5, 5.41) is 1.56. The number of fused-ring (bicyclic) bond motifs is 1. The minimum Gasteiger partial charge on any atom is -0.368 e. The van der Waals surface area contributed by atoms with Crippen molar-refractivity contribution in [1.29, 1.82) is 0 Å². The fourth-order valence-electron chi connectivity index (χ4n) is 3.55. The van der Waals surface area contributed by atoms with Gasteiger partial charge in [-0.05, 0) is 42.1 Å². The molecule has 5 nitrogen and oxygen atoms in total. The molecule has 1 aliphatic rings. The number of rotatable bonds is 2. The molecule has 3 aromatic rings. The standard InChI is InChI=1S/C21H20ClN3O2/c1-14-6-7-16(22)13-19(14)24-8-10-25(11-9-24)21(27)17-12-15-4-2-3-5-18(15)23-20(17)26/h2-7,12-13H,8-11H2,1H3,(H,23,26). The first-order valence-corrected chi connectivity index (χ1v) is 9.33. The molecule has 4 rings (SSSR count). The Bertz CT molecular complexity index is 1070. The third kappa shape index (κ3) is 3.43. The van der Waals surface area contributed by atoms with E-state index in [0.29, 0.717) is 31.2 Å². The Morgan fingerprint density at radius 2 is 1.78 bits per heavy atom. The van der Waals surface area contributed by atoms with Gasteiger partial charge in [-0.15, -0.1) is 0 Å². The molecule has 6 heteroatoms. The number of carbonyl (C=O) groups is 1. The number of nitrogens with one attached hydrogen (secondary N) is 1. The Labute approximate surface area is 162 Å². The van der Waals surface area contributed by atoms with Gasteiger partial charge in [0.1, 0.15) is 5.56 Å². The Morgan fingerprint density at radius 1 is 1.04 bits per heavy atom. The van der Waals surface area contributed by atoms with Crippen molar-refractivity contribution in [3.8, 4) is 0 Å². The van der Waals surface area contributed by atoms with Crippen molar-refractivity contribution in [2.75, 3.05) is 31.1 Å². The summed E-state index contributed by atoms with van der Waals surface area (Å²) in [6.45, 7) is 4.60. The van der Waals surface area contributed by atoms with Gasteiger partial charge in [0.05, 0.1) is 0 Å². The molecule has 0 saturated carbocycles. The Kier molecular flexibility index (Phi) is 4.62. The summed E-state index contributed by atoms with van der Waals surface area (Å²) < 4.78 is 0. The highest BCUT2D eigenvalue weighted by atomic mass is 35.5. The zero-order valence-corrected chi connectivity index (χ0v) is 15.8. The summed E-state index contributed by atoms with van der Waals surface area (Å²) >= 11 is 6.13. The average Bonchev–Trinajstić information content (AvgIpc) is 2.69. The van der Waals surface area contributed by atoms with Crippen molar-refractivity contribution in [3.63, 3.8) is 0 Å². The van der Waals surface area contributed by atoms with Crippen LogP contribution in [0, 0.1) is 6.92 Å². The van der Waals surface area contributed by atoms with Gasteiger partial charge in [-0.2, -0.15) is 0 Å². The third-order valence-electron chi connectivity index (χ3n) is 5.06. The number of anilines is 1. The molecule has 138 valence electrons. The average molecular weight is 382 g/mol. The number of benzene rings is 2. The van der Waals surface area contributed by atoms with E-state index in [-0.39, 0.29) is 17.0 Å². The minimum atomic E-state index is -0.341. The third-order valence-corrected chi connectivity index (χ3v) is 5.30. The van der Waals surface area contributed by atoms with Crippen LogP contribution in [0.5, 0.6) is 0 Å². The summed E-state index contributed by atoms with van der Waals surface area (Å²) in [5.41, 5.74) is 2.84. The lowest BCUT2D eigenvalue weighted by atomic mass is 10.1. The topological polar surface area (TPSA) is 56.4 Å². The SMILES string of the molecule is Cc1ccc(Cl)cc1N1CCN(C(=O)c2cc3ccccc3[nH]c2=O)CC1. The number of aromatic nitrogens is 1. The van der Waals surface area contributed by atoms with Gasteiger partial charge in [-0.25, -0.2) is 0 Å². The Morgan fingerprint density at radius 3 is 2.56 bits per heavy atom. The monoisotopic (exact) mass is 381 g/mol. The molecular weight excluding hydrogens is 362 g/mol. The van der Waals surface area contributed by atoms with E-state index in [1.807, 2.05) is 42.5 Å². The predicted octanol–water partition coefficient (Wildman–Crippen LogP) is 3.45. The zero-order chi connectivity index (χ0) is 19.0. The van der Waals surface area contributed by atoms with E-state index in [9.17, 15) is 9.59 Å². The maximum Gasteiger partial charge on any atom is 0.261 e. The second kappa shape index (κ2) is 7.08. The van der Waals surface area contributed by atoms with E-state index in [2.05, 4.69) is 16.8 Å². The fraction of sp³-hybridized carbons (Fsp3) is 0.238. The molecule has 0 aliphatic carbocycles. The van der Waals surface area contributed by atoms with Gasteiger partial charge < -0.3 is 14.8 Å². The largest absolute Gasteiger partial charge is 0.368 e. The number of para-hydroxylation sites is 1. The number of hydrogen-bond acceptors (Lipinski definition) is 3. The van der Waals surface area contributed by atoms with Gasteiger partial charge >= 0.3 is 0 Å². The summed E-state index contributed by atoms with van der Waals surface area (Å²) in [6, 6.07) is 15.0. The number of nitrogens with zero attached hydrogens (tertiary/aromatic N) is 2. The number of H-pyrrole nitrogens is 1. The quantitative estimate of drug-likeness (QED) is 0.739. The molecular formula is C21H20ClN3O2. The number of aryl methyl sites for hydroxylation is 1. The maximum absolute atomic E-state index is 12.9. The second-order valence-electron chi connectivity index (χ2n) is 6.81. The molecule has 2 aromatic carbocycles. The number of hydrogen-bond donors (Lipinski definition) is 1. The molecule has 1 aromatic heterocycles. The normalized spacial score (nSPS) is 14.6. The highest BCUT2D eigenvalue weighted by Gasteiger charge is 2.25. The number of piperazine rings is 1. The van der Waals surface area contributed by atoms with Crippen molar-refractivity contribution >= 4 is 34.1 Å². The number of halogens is 1. The molecule has 0 atom stereocenters. The van der Waals surface area contributed by atoms with E-state index >= 15 is 0 Å². The summed E-state index contributed by atoms with van der Waals surface area (Å²) in [5.74, 6) is -0.218. The van der Waals surface area contributed by atoms with Gasteiger partial charge in [-0.1, -0.05) is 35.9 Å². The number of pyridine rings is 1. The predicted molar refractivity (Wildman–Crippen MR) is 109 cm³/mol. The summed E-state index contributed by atoms with van der Waals surface area (Å²) in [6.07, 6.45) is 0. The van der Waals surface area contributed by atoms with Crippen LogP contribution in [-0.2, 0) is 0 Å². The smallest absolute Gasteiger partial charge is 0.261 e. The molecule has 1 amide bonds. The minimum absolute atomic E-state index is 0.195. The van der Waals surface area contributed by atoms with E-state index in [0.717, 1.165) is 22.2 Å². The van der Waals surface area contributed by atoms with E-state index in [1.165, 1.54) is 0 Å². The lowest BCUT2D eigenvalue weighted by Crippen LogP contribution is -2.49. The van der Waals surface area contributed by atoms with Crippen LogP contribution in [0.15, 0.2) is 53.3 Å². The van der Waals surface area contributed by atoms with Gasteiger partial charge in [0, 0.05) is 42.4 Å². The van der Waals surface area contributed by atoms with Crippen LogP contribution < -0.4 is 10.5 Å². The van der Waals surface area contributed by atoms with Crippen molar-refractivity contribution < 1.29 is 4.79 Å². The zero-order valence-electron chi connectivity index (χ0n) is 15.0. The van der Waals surface area contributed by atoms with Crippen LogP contribution in [0.2, 0.25) is 5.02 Å². The molecule has 1 fully saturated rings. The summed E-state index contributed by atoms with van der Waals surface area (Å²) in [7, 11) is 0. The van der Waals surface area contributed by atoms with Crippen LogP contribution in [0.4, 0.5) is 5.69 Å². The van der Waals surface area contributed by atoms with E-state index < -0.39 is 0 Å². The highest BCUT2D eigenvalue weighted by molar-refractivity contribution is 6.30. The van der Waals surface area contributed by atoms with Gasteiger partial charge in [0.2, 0.25) is 0 Å². The van der Waals surface area contributed by atoms with Crippen LogP contribution in [0.25, 0.3) is 10.9 Å². The molecule has 0 spiro atoms. The Hall–Kier alpha value is -2.79. The molecule has 2 heterocycles. The molecule has 27 heavy (non-hydrogen) atoms. The van der Waals surface area contributed by atoms with Crippen LogP contribution in [0.3, 0.4) is 0 Å². The van der Waals surface area contributed by atoms with Gasteiger partial charge in [0.15, 0.2) is 0 Å². The molecule has 0 bridgehead atoms. The first-order chi connectivity index (χ1) is 13.0. The molecule has 0 radical (unpaired) electrons. The lowest BCUT2D eigenvalue weighted by Gasteiger charge is -2.36. The second-order valence-corrected chi connectivity index (χ2v) is 7.25. The summed E-state index contributed by atoms with van der Waals surface area (Å²) in [4.78, 5) is 32.0. The number of amides is 1. The van der Waals surface area contributed by atoms with E-state index in [1.54, 1.807) is 11.0 Å². The van der Waals surface area contributed by atoms with Crippen molar-refractivity contribution in [2.45, 2.75) is 6.92 Å². The number of aromatic amines is 1. The van der Waals surface area contributed by atoms with Crippen molar-refractivity contribution in [2.24, 2.45) is 0 Å². The van der Waals surface area contributed by atoms with Crippen LogP contribution in [-0.4, -0.2) is 42.0 Å². The molecule has 1 saturated heterocycles.